The van der Waals surface area contributed by atoms with Crippen molar-refractivity contribution in [3.05, 3.63) is 59.8 Å². The van der Waals surface area contributed by atoms with Gasteiger partial charge < -0.3 is 19.4 Å². The van der Waals surface area contributed by atoms with Crippen molar-refractivity contribution < 1.29 is 14.3 Å². The normalized spacial score (nSPS) is 14.7. The lowest BCUT2D eigenvalue weighted by Crippen LogP contribution is -2.38. The molecule has 0 atom stereocenters. The lowest BCUT2D eigenvalue weighted by molar-refractivity contribution is -0.115. The molecule has 1 N–H and O–H groups in total. The Hall–Kier alpha value is -2.83. The highest BCUT2D eigenvalue weighted by Gasteiger charge is 2.11. The molecule has 0 radical (unpaired) electrons. The zero-order chi connectivity index (χ0) is 20.9. The fourth-order valence-corrected chi connectivity index (χ4v) is 3.91. The molecule has 1 amide bonds. The van der Waals surface area contributed by atoms with Crippen LogP contribution in [-0.2, 0) is 22.5 Å². The predicted molar refractivity (Wildman–Crippen MR) is 119 cm³/mol. The third-order valence-corrected chi connectivity index (χ3v) is 5.65. The molecule has 3 aromatic rings. The molecule has 4 rings (SSSR count). The molecule has 6 heteroatoms. The van der Waals surface area contributed by atoms with Gasteiger partial charge in [0.2, 0.25) is 5.91 Å². The number of hydrogen-bond acceptors (Lipinski definition) is 4. The van der Waals surface area contributed by atoms with E-state index >= 15 is 0 Å². The number of anilines is 1. The smallest absolute Gasteiger partial charge is 0.228 e. The van der Waals surface area contributed by atoms with Gasteiger partial charge in [-0.25, -0.2) is 0 Å². The molecule has 0 spiro atoms. The molecule has 1 aromatic heterocycles. The van der Waals surface area contributed by atoms with Crippen LogP contribution in [0.5, 0.6) is 5.75 Å². The first kappa shape index (κ1) is 20.4. The minimum atomic E-state index is -0.0352. The van der Waals surface area contributed by atoms with Crippen molar-refractivity contribution in [3.63, 3.8) is 0 Å². The van der Waals surface area contributed by atoms with Gasteiger partial charge in [0.1, 0.15) is 5.75 Å². The number of carbonyl (C=O) groups is 1. The first-order chi connectivity index (χ1) is 14.6. The number of nitrogens with one attached hydrogen (secondary N) is 1. The maximum atomic E-state index is 12.5. The summed E-state index contributed by atoms with van der Waals surface area (Å²) in [6.45, 7) is 7.61. The van der Waals surface area contributed by atoms with E-state index in [0.29, 0.717) is 6.42 Å². The molecule has 30 heavy (non-hydrogen) atoms. The van der Waals surface area contributed by atoms with Gasteiger partial charge in [-0.1, -0.05) is 12.1 Å². The lowest BCUT2D eigenvalue weighted by Gasteiger charge is -2.26. The van der Waals surface area contributed by atoms with Gasteiger partial charge in [-0.3, -0.25) is 9.69 Å². The molecule has 2 heterocycles. The molecular formula is C24H29N3O3. The zero-order valence-electron chi connectivity index (χ0n) is 17.7. The minimum Gasteiger partial charge on any atom is -0.496 e. The second-order valence-electron chi connectivity index (χ2n) is 7.77. The second kappa shape index (κ2) is 9.32. The van der Waals surface area contributed by atoms with E-state index in [1.165, 1.54) is 5.52 Å². The molecule has 2 aromatic carbocycles. The number of morpholine rings is 1. The van der Waals surface area contributed by atoms with Crippen LogP contribution in [0.3, 0.4) is 0 Å². The molecule has 1 aliphatic heterocycles. The Kier molecular flexibility index (Phi) is 6.35. The first-order valence-electron chi connectivity index (χ1n) is 10.4. The highest BCUT2D eigenvalue weighted by atomic mass is 16.5. The van der Waals surface area contributed by atoms with Gasteiger partial charge in [-0.15, -0.1) is 0 Å². The number of fused-ring (bicyclic) bond motifs is 1. The van der Waals surface area contributed by atoms with E-state index in [9.17, 15) is 4.79 Å². The molecule has 158 valence electrons. The van der Waals surface area contributed by atoms with Crippen LogP contribution in [0.25, 0.3) is 10.9 Å². The summed E-state index contributed by atoms with van der Waals surface area (Å²) in [5, 5.41) is 4.15. The van der Waals surface area contributed by atoms with E-state index < -0.39 is 0 Å². The predicted octanol–water partition coefficient (Wildman–Crippen LogP) is 3.47. The molecule has 0 bridgehead atoms. The quantitative estimate of drug-likeness (QED) is 0.652. The summed E-state index contributed by atoms with van der Waals surface area (Å²) in [7, 11) is 1.65. The van der Waals surface area contributed by atoms with Crippen LogP contribution in [0.1, 0.15) is 11.1 Å². The Morgan fingerprint density at radius 1 is 1.10 bits per heavy atom. The number of hydrogen-bond donors (Lipinski definition) is 1. The van der Waals surface area contributed by atoms with Crippen LogP contribution < -0.4 is 10.1 Å². The van der Waals surface area contributed by atoms with E-state index in [1.807, 2.05) is 37.3 Å². The van der Waals surface area contributed by atoms with Gasteiger partial charge >= 0.3 is 0 Å². The highest BCUT2D eigenvalue weighted by Crippen LogP contribution is 2.22. The SMILES string of the molecule is COc1cc(CC(=O)Nc2ccc3c(ccn3CCN3CCOCC3)c2)ccc1C. The second-order valence-corrected chi connectivity index (χ2v) is 7.77. The highest BCUT2D eigenvalue weighted by molar-refractivity contribution is 5.95. The van der Waals surface area contributed by atoms with E-state index in [-0.39, 0.29) is 5.91 Å². The van der Waals surface area contributed by atoms with E-state index in [2.05, 4.69) is 33.1 Å². The minimum absolute atomic E-state index is 0.0352. The number of aromatic nitrogens is 1. The number of carbonyl (C=O) groups excluding carboxylic acids is 1. The summed E-state index contributed by atoms with van der Waals surface area (Å²) in [5.74, 6) is 0.771. The molecule has 0 saturated carbocycles. The van der Waals surface area contributed by atoms with Crippen molar-refractivity contribution in [1.82, 2.24) is 9.47 Å². The van der Waals surface area contributed by atoms with Gasteiger partial charge in [-0.2, -0.15) is 0 Å². The third-order valence-electron chi connectivity index (χ3n) is 5.65. The fraction of sp³-hybridized carbons (Fsp3) is 0.375. The Morgan fingerprint density at radius 2 is 1.93 bits per heavy atom. The molecule has 6 nitrogen and oxygen atoms in total. The number of aryl methyl sites for hydroxylation is 1. The van der Waals surface area contributed by atoms with Crippen LogP contribution >= 0.6 is 0 Å². The van der Waals surface area contributed by atoms with Gasteiger partial charge in [0.25, 0.3) is 0 Å². The van der Waals surface area contributed by atoms with E-state index in [0.717, 1.165) is 67.3 Å². The summed E-state index contributed by atoms with van der Waals surface area (Å²) in [6.07, 6.45) is 2.44. The van der Waals surface area contributed by atoms with E-state index in [4.69, 9.17) is 9.47 Å². The summed E-state index contributed by atoms with van der Waals surface area (Å²) >= 11 is 0. The molecule has 0 aliphatic carbocycles. The Morgan fingerprint density at radius 3 is 2.73 bits per heavy atom. The summed E-state index contributed by atoms with van der Waals surface area (Å²) in [4.78, 5) is 14.9. The molecule has 0 unspecified atom stereocenters. The number of nitrogens with zero attached hydrogens (tertiary/aromatic N) is 2. The molecule has 1 aliphatic rings. The summed E-state index contributed by atoms with van der Waals surface area (Å²) < 4.78 is 13.0. The van der Waals surface area contributed by atoms with Crippen LogP contribution in [0.2, 0.25) is 0 Å². The number of benzene rings is 2. The van der Waals surface area contributed by atoms with Gasteiger partial charge in [0.05, 0.1) is 26.7 Å². The van der Waals surface area contributed by atoms with Crippen molar-refractivity contribution in [3.8, 4) is 5.75 Å². The van der Waals surface area contributed by atoms with Crippen LogP contribution in [0.4, 0.5) is 5.69 Å². The van der Waals surface area contributed by atoms with Crippen molar-refractivity contribution in [1.29, 1.82) is 0 Å². The maximum Gasteiger partial charge on any atom is 0.228 e. The number of rotatable bonds is 7. The average molecular weight is 408 g/mol. The van der Waals surface area contributed by atoms with Gasteiger partial charge in [-0.05, 0) is 48.4 Å². The Balaban J connectivity index is 1.38. The van der Waals surface area contributed by atoms with E-state index in [1.54, 1.807) is 7.11 Å². The van der Waals surface area contributed by atoms with Gasteiger partial charge in [0, 0.05) is 49.0 Å². The largest absolute Gasteiger partial charge is 0.496 e. The Labute approximate surface area is 177 Å². The van der Waals surface area contributed by atoms with Crippen LogP contribution in [0, 0.1) is 6.92 Å². The average Bonchev–Trinajstić information content (AvgIpc) is 3.16. The maximum absolute atomic E-state index is 12.5. The summed E-state index contributed by atoms with van der Waals surface area (Å²) in [5.41, 5.74) is 4.00. The van der Waals surface area contributed by atoms with Crippen molar-refractivity contribution in [2.24, 2.45) is 0 Å². The first-order valence-corrected chi connectivity index (χ1v) is 10.4. The van der Waals surface area contributed by atoms with Crippen molar-refractivity contribution >= 4 is 22.5 Å². The topological polar surface area (TPSA) is 55.7 Å². The van der Waals surface area contributed by atoms with Crippen LogP contribution in [-0.4, -0.2) is 55.3 Å². The summed E-state index contributed by atoms with van der Waals surface area (Å²) in [6, 6.07) is 14.1. The number of amides is 1. The molecule has 1 saturated heterocycles. The molecule has 1 fully saturated rings. The standard InChI is InChI=1S/C24H29N3O3/c1-18-3-4-19(15-23(18)29-2)16-24(28)25-21-5-6-22-20(17-21)7-8-27(22)10-9-26-11-13-30-14-12-26/h3-8,15,17H,9-14,16H2,1-2H3,(H,25,28). The van der Waals surface area contributed by atoms with Gasteiger partial charge in [0.15, 0.2) is 0 Å². The number of methoxy groups -OCH3 is 1. The molecular weight excluding hydrogens is 378 g/mol. The van der Waals surface area contributed by atoms with Crippen LogP contribution in [0.15, 0.2) is 48.7 Å². The van der Waals surface area contributed by atoms with Crippen molar-refractivity contribution in [2.75, 3.05) is 45.3 Å². The number of ether oxygens (including phenoxy) is 2. The fourth-order valence-electron chi connectivity index (χ4n) is 3.91. The lowest BCUT2D eigenvalue weighted by atomic mass is 10.1. The van der Waals surface area contributed by atoms with Crippen molar-refractivity contribution in [2.45, 2.75) is 19.9 Å². The zero-order valence-corrected chi connectivity index (χ0v) is 17.7. The Bertz CT molecular complexity index is 1020. The monoisotopic (exact) mass is 407 g/mol. The third kappa shape index (κ3) is 4.83.